The number of aromatic nitrogens is 1. The molecule has 0 atom stereocenters. The van der Waals surface area contributed by atoms with E-state index in [1.54, 1.807) is 17.4 Å². The van der Waals surface area contributed by atoms with Gasteiger partial charge in [-0.05, 0) is 80.7 Å². The maximum atomic E-state index is 13.4. The topological polar surface area (TPSA) is 134 Å². The number of thioether (sulfide) groups is 1. The van der Waals surface area contributed by atoms with E-state index in [0.29, 0.717) is 68.4 Å². The van der Waals surface area contributed by atoms with Crippen molar-refractivity contribution in [3.05, 3.63) is 63.6 Å². The predicted octanol–water partition coefficient (Wildman–Crippen LogP) is 7.88. The number of nitrogens with zero attached hydrogens (tertiary/aromatic N) is 4. The summed E-state index contributed by atoms with van der Waals surface area (Å²) in [6.07, 6.45) is 11.3. The Hall–Kier alpha value is -3.69. The zero-order chi connectivity index (χ0) is 41.9. The van der Waals surface area contributed by atoms with Crippen LogP contribution in [0, 0.1) is 0 Å². The molecule has 14 heteroatoms. The maximum Gasteiger partial charge on any atom is 0.273 e. The second kappa shape index (κ2) is 21.4. The molecule has 4 aliphatic rings. The summed E-state index contributed by atoms with van der Waals surface area (Å²) >= 11 is 3.42. The first kappa shape index (κ1) is 44.4. The molecule has 12 nitrogen and oxygen atoms in total. The predicted molar refractivity (Wildman–Crippen MR) is 236 cm³/mol. The molecule has 326 valence electrons. The lowest BCUT2D eigenvalue weighted by molar-refractivity contribution is -0.134. The van der Waals surface area contributed by atoms with Gasteiger partial charge in [-0.1, -0.05) is 51.3 Å². The molecule has 2 saturated heterocycles. The highest BCUT2D eigenvalue weighted by Gasteiger charge is 2.41. The van der Waals surface area contributed by atoms with Gasteiger partial charge in [-0.2, -0.15) is 0 Å². The minimum absolute atomic E-state index is 0.0173. The van der Waals surface area contributed by atoms with Crippen molar-refractivity contribution < 1.29 is 33.7 Å². The number of unbranched alkanes of at least 4 members (excludes halogenated alkanes) is 2. The fourth-order valence-corrected chi connectivity index (χ4v) is 10.6. The molecule has 3 amide bonds. The van der Waals surface area contributed by atoms with Crippen LogP contribution in [0.4, 0.5) is 5.69 Å². The number of rotatable bonds is 19. The van der Waals surface area contributed by atoms with Crippen molar-refractivity contribution in [2.45, 2.75) is 120 Å². The smallest absolute Gasteiger partial charge is 0.273 e. The Labute approximate surface area is 363 Å². The van der Waals surface area contributed by atoms with Crippen molar-refractivity contribution >= 4 is 46.5 Å². The Morgan fingerprint density at radius 1 is 1.08 bits per heavy atom. The van der Waals surface area contributed by atoms with E-state index in [9.17, 15) is 19.5 Å². The zero-order valence-electron chi connectivity index (χ0n) is 35.5. The Kier molecular flexibility index (Phi) is 15.8. The number of nitrogens with one attached hydrogen (secondary N) is 1. The number of ether oxygens (including phenoxy) is 3. The number of morpholine rings is 1. The van der Waals surface area contributed by atoms with Crippen molar-refractivity contribution in [3.63, 3.8) is 0 Å². The van der Waals surface area contributed by atoms with Gasteiger partial charge in [0, 0.05) is 67.3 Å². The number of aryl methyl sites for hydroxylation is 1. The van der Waals surface area contributed by atoms with Gasteiger partial charge in [-0.25, -0.2) is 4.98 Å². The fraction of sp³-hybridized carbons (Fsp3) is 0.609. The summed E-state index contributed by atoms with van der Waals surface area (Å²) in [5, 5.41) is 15.8. The number of hydrogen-bond donors (Lipinski definition) is 2. The Balaban J connectivity index is 0.768. The molecule has 2 N–H and O–H groups in total. The standard InChI is InChI=1S/C46H63N5O7S2/c1-33(2)44-47-38(31-60-44)45(55)50-23-26-58-46(32-50)18-21-49(22-19-46)29-34-10-8-14-37(28-34)59-27-9-24-56-25-17-41(54)51(36-12-5-6-13-36)20-7-3-4-11-35-15-16-39(52)42-43(35)57-30-40(53)48-42/h8,10,14-16,28,31,33,36,52H,3-7,9,11-13,17-27,29-30,32H2,1-2H3,(H,48,53). The second-order valence-corrected chi connectivity index (χ2v) is 19.2. The Morgan fingerprint density at radius 2 is 1.92 bits per heavy atom. The normalized spacial score (nSPS) is 18.1. The minimum atomic E-state index is -0.276. The lowest BCUT2D eigenvalue weighted by atomic mass is 9.89. The lowest BCUT2D eigenvalue weighted by Crippen LogP contribution is -2.58. The fourth-order valence-electron chi connectivity index (χ4n) is 8.91. The van der Waals surface area contributed by atoms with Crippen LogP contribution in [-0.4, -0.2) is 119 Å². The quantitative estimate of drug-likeness (QED) is 0.0697. The highest BCUT2D eigenvalue weighted by atomic mass is 32.2. The molecule has 2 aromatic carbocycles. The number of carbonyl (C=O) groups is 3. The van der Waals surface area contributed by atoms with E-state index in [2.05, 4.69) is 58.2 Å². The molecule has 1 saturated carbocycles. The van der Waals surface area contributed by atoms with Gasteiger partial charge in [0.25, 0.3) is 11.8 Å². The lowest BCUT2D eigenvalue weighted by Gasteiger charge is -2.47. The number of hydrogen-bond acceptors (Lipinski definition) is 11. The summed E-state index contributed by atoms with van der Waals surface area (Å²) in [6, 6.07) is 12.6. The molecule has 3 aromatic rings. The van der Waals surface area contributed by atoms with Crippen LogP contribution in [0.3, 0.4) is 0 Å². The van der Waals surface area contributed by atoms with Crippen LogP contribution >= 0.6 is 23.1 Å². The van der Waals surface area contributed by atoms with Gasteiger partial charge < -0.3 is 34.4 Å². The third-order valence-corrected chi connectivity index (χ3v) is 14.5. The van der Waals surface area contributed by atoms with E-state index >= 15 is 0 Å². The molecule has 3 aliphatic heterocycles. The average Bonchev–Trinajstić information content (AvgIpc) is 3.98. The van der Waals surface area contributed by atoms with Crippen molar-refractivity contribution in [1.29, 1.82) is 0 Å². The number of carbonyl (C=O) groups excluding carboxylic acids is 3. The third kappa shape index (κ3) is 11.8. The van der Waals surface area contributed by atoms with Crippen molar-refractivity contribution in [2.24, 2.45) is 0 Å². The van der Waals surface area contributed by atoms with E-state index in [1.807, 2.05) is 28.1 Å². The molecule has 60 heavy (non-hydrogen) atoms. The van der Waals surface area contributed by atoms with Crippen LogP contribution in [-0.2, 0) is 32.0 Å². The SMILES string of the molecule is CC(C)c1nc(C(=O)N2CCOC3(CCN(Cc4cccc(SCCCOCCC(=O)N(CCCCCc5ccc(O)c6c5OCC(=O)N6)C5CCCC5)c4)CC3)C2)cs1. The number of amides is 3. The molecule has 3 fully saturated rings. The first-order valence-electron chi connectivity index (χ1n) is 22.1. The first-order valence-corrected chi connectivity index (χ1v) is 24.0. The monoisotopic (exact) mass is 861 g/mol. The molecule has 4 heterocycles. The molecule has 1 aromatic heterocycles. The van der Waals surface area contributed by atoms with Crippen LogP contribution < -0.4 is 10.1 Å². The minimum Gasteiger partial charge on any atom is -0.506 e. The van der Waals surface area contributed by atoms with Crippen LogP contribution in [0.25, 0.3) is 0 Å². The number of aromatic hydroxyl groups is 1. The second-order valence-electron chi connectivity index (χ2n) is 17.1. The average molecular weight is 862 g/mol. The molecule has 1 aliphatic carbocycles. The van der Waals surface area contributed by atoms with Gasteiger partial charge in [0.1, 0.15) is 17.1 Å². The molecular weight excluding hydrogens is 799 g/mol. The summed E-state index contributed by atoms with van der Waals surface area (Å²) in [7, 11) is 0. The van der Waals surface area contributed by atoms with E-state index in [0.717, 1.165) is 100 Å². The first-order chi connectivity index (χ1) is 29.2. The number of thiazole rings is 1. The Bertz CT molecular complexity index is 1910. The number of benzene rings is 2. The number of phenolic OH excluding ortho intramolecular Hbond substituents is 1. The molecule has 0 unspecified atom stereocenters. The van der Waals surface area contributed by atoms with Crippen LogP contribution in [0.5, 0.6) is 11.5 Å². The summed E-state index contributed by atoms with van der Waals surface area (Å²) in [5.74, 6) is 1.82. The van der Waals surface area contributed by atoms with Crippen molar-refractivity contribution in [1.82, 2.24) is 19.7 Å². The molecule has 0 radical (unpaired) electrons. The summed E-state index contributed by atoms with van der Waals surface area (Å²) in [4.78, 5) is 50.9. The van der Waals surface area contributed by atoms with E-state index in [4.69, 9.17) is 14.2 Å². The van der Waals surface area contributed by atoms with Gasteiger partial charge in [-0.3, -0.25) is 19.3 Å². The van der Waals surface area contributed by atoms with Crippen LogP contribution in [0.1, 0.15) is 117 Å². The largest absolute Gasteiger partial charge is 0.506 e. The van der Waals surface area contributed by atoms with E-state index in [1.165, 1.54) is 23.3 Å². The molecular formula is C46H63N5O7S2. The third-order valence-electron chi connectivity index (χ3n) is 12.3. The number of piperidine rings is 1. The zero-order valence-corrected chi connectivity index (χ0v) is 37.1. The molecule has 1 spiro atoms. The van der Waals surface area contributed by atoms with Crippen LogP contribution in [0.2, 0.25) is 0 Å². The van der Waals surface area contributed by atoms with Gasteiger partial charge in [0.15, 0.2) is 12.4 Å². The van der Waals surface area contributed by atoms with E-state index in [-0.39, 0.29) is 35.7 Å². The summed E-state index contributed by atoms with van der Waals surface area (Å²) in [5.41, 5.74) is 2.94. The summed E-state index contributed by atoms with van der Waals surface area (Å²) in [6.45, 7) is 10.6. The van der Waals surface area contributed by atoms with Gasteiger partial charge in [0.2, 0.25) is 5.91 Å². The number of fused-ring (bicyclic) bond motifs is 1. The van der Waals surface area contributed by atoms with Gasteiger partial charge in [-0.15, -0.1) is 23.1 Å². The highest BCUT2D eigenvalue weighted by Crippen LogP contribution is 2.40. The maximum absolute atomic E-state index is 13.4. The highest BCUT2D eigenvalue weighted by molar-refractivity contribution is 7.99. The number of likely N-dealkylation sites (tertiary alicyclic amines) is 1. The molecule has 7 rings (SSSR count). The molecule has 0 bridgehead atoms. The van der Waals surface area contributed by atoms with Gasteiger partial charge >= 0.3 is 0 Å². The number of anilines is 1. The Morgan fingerprint density at radius 3 is 2.72 bits per heavy atom. The summed E-state index contributed by atoms with van der Waals surface area (Å²) < 4.78 is 18.0. The van der Waals surface area contributed by atoms with Gasteiger partial charge in [0.05, 0.1) is 36.8 Å². The van der Waals surface area contributed by atoms with Crippen molar-refractivity contribution in [2.75, 3.05) is 70.2 Å². The number of phenols is 1. The van der Waals surface area contributed by atoms with Crippen molar-refractivity contribution in [3.8, 4) is 11.5 Å². The van der Waals surface area contributed by atoms with Crippen LogP contribution in [0.15, 0.2) is 46.7 Å². The van der Waals surface area contributed by atoms with E-state index < -0.39 is 0 Å².